The van der Waals surface area contributed by atoms with E-state index in [-0.39, 0.29) is 29.6 Å². The van der Waals surface area contributed by atoms with E-state index in [0.717, 1.165) is 0 Å². The summed E-state index contributed by atoms with van der Waals surface area (Å²) >= 11 is 0. The number of non-ortho nitro benzene ring substituents is 1. The van der Waals surface area contributed by atoms with Crippen LogP contribution in [0.3, 0.4) is 0 Å². The zero-order valence-corrected chi connectivity index (χ0v) is 17.2. The van der Waals surface area contributed by atoms with Crippen LogP contribution in [-0.2, 0) is 14.8 Å². The van der Waals surface area contributed by atoms with Crippen molar-refractivity contribution in [3.8, 4) is 0 Å². The Bertz CT molecular complexity index is 976. The summed E-state index contributed by atoms with van der Waals surface area (Å²) in [5.74, 6) is -0.333. The third kappa shape index (κ3) is 5.59. The Balaban J connectivity index is 2.15. The maximum atomic E-state index is 12.8. The van der Waals surface area contributed by atoms with Crippen LogP contribution in [0.4, 0.5) is 5.69 Å². The maximum absolute atomic E-state index is 12.8. The Hall–Kier alpha value is -2.82. The minimum atomic E-state index is -3.69. The van der Waals surface area contributed by atoms with E-state index in [1.165, 1.54) is 48.4 Å². The molecular weight excluding hydrogens is 398 g/mol. The number of sulfonamides is 1. The largest absolute Gasteiger partial charge is 0.383 e. The molecule has 1 amide bonds. The number of nitro groups is 1. The van der Waals surface area contributed by atoms with Crippen LogP contribution in [0.1, 0.15) is 28.9 Å². The summed E-state index contributed by atoms with van der Waals surface area (Å²) in [5, 5.41) is 11.0. The van der Waals surface area contributed by atoms with E-state index >= 15 is 0 Å². The van der Waals surface area contributed by atoms with Crippen molar-refractivity contribution in [1.29, 1.82) is 0 Å². The fourth-order valence-corrected chi connectivity index (χ4v) is 3.65. The Morgan fingerprint density at radius 2 is 1.90 bits per heavy atom. The second-order valence-corrected chi connectivity index (χ2v) is 8.13. The molecule has 0 aliphatic rings. The van der Waals surface area contributed by atoms with Gasteiger partial charge in [-0.3, -0.25) is 14.9 Å². The Morgan fingerprint density at radius 3 is 2.48 bits per heavy atom. The zero-order chi connectivity index (χ0) is 21.6. The van der Waals surface area contributed by atoms with Gasteiger partial charge in [-0.2, -0.15) is 0 Å². The average molecular weight is 421 g/mol. The number of carbonyl (C=O) groups is 1. The lowest BCUT2D eigenvalue weighted by molar-refractivity contribution is -0.384. The molecule has 0 radical (unpaired) electrons. The van der Waals surface area contributed by atoms with Crippen molar-refractivity contribution in [2.24, 2.45) is 0 Å². The third-order valence-electron chi connectivity index (χ3n) is 4.47. The number of amides is 1. The quantitative estimate of drug-likeness (QED) is 0.377. The van der Waals surface area contributed by atoms with Crippen LogP contribution in [-0.4, -0.2) is 51.5 Å². The lowest BCUT2D eigenvalue weighted by Gasteiger charge is -2.25. The number of nitrogens with zero attached hydrogens (tertiary/aromatic N) is 2. The molecule has 10 heteroatoms. The number of benzene rings is 2. The Morgan fingerprint density at radius 1 is 1.24 bits per heavy atom. The molecule has 156 valence electrons. The van der Waals surface area contributed by atoms with E-state index in [1.54, 1.807) is 26.1 Å². The fraction of sp³-hybridized carbons (Fsp3) is 0.316. The number of nitrogens with one attached hydrogen (secondary N) is 1. The number of hydrogen-bond donors (Lipinski definition) is 1. The predicted molar refractivity (Wildman–Crippen MR) is 107 cm³/mol. The summed E-state index contributed by atoms with van der Waals surface area (Å²) in [5.41, 5.74) is 0.878. The van der Waals surface area contributed by atoms with Crippen molar-refractivity contribution >= 4 is 21.6 Å². The monoisotopic (exact) mass is 421 g/mol. The van der Waals surface area contributed by atoms with Gasteiger partial charge in [-0.25, -0.2) is 13.1 Å². The van der Waals surface area contributed by atoms with Crippen molar-refractivity contribution in [1.82, 2.24) is 9.62 Å². The van der Waals surface area contributed by atoms with Gasteiger partial charge in [0.2, 0.25) is 10.0 Å². The molecule has 0 saturated heterocycles. The number of hydrogen-bond acceptors (Lipinski definition) is 6. The minimum Gasteiger partial charge on any atom is -0.383 e. The van der Waals surface area contributed by atoms with Gasteiger partial charge in [-0.15, -0.1) is 0 Å². The first kappa shape index (κ1) is 22.5. The summed E-state index contributed by atoms with van der Waals surface area (Å²) in [7, 11) is -0.628. The van der Waals surface area contributed by atoms with E-state index in [2.05, 4.69) is 4.72 Å². The van der Waals surface area contributed by atoms with Crippen molar-refractivity contribution in [3.05, 3.63) is 69.8 Å². The summed E-state index contributed by atoms with van der Waals surface area (Å²) < 4.78 is 31.6. The highest BCUT2D eigenvalue weighted by molar-refractivity contribution is 7.89. The molecule has 0 aromatic heterocycles. The van der Waals surface area contributed by atoms with Gasteiger partial charge in [0.1, 0.15) is 0 Å². The molecule has 0 saturated carbocycles. The number of rotatable bonds is 9. The first-order chi connectivity index (χ1) is 13.7. The molecule has 1 atom stereocenters. The van der Waals surface area contributed by atoms with Gasteiger partial charge in [0, 0.05) is 38.4 Å². The van der Waals surface area contributed by atoms with Crippen LogP contribution in [0.25, 0.3) is 0 Å². The summed E-state index contributed by atoms with van der Waals surface area (Å²) in [6, 6.07) is 11.3. The van der Waals surface area contributed by atoms with Gasteiger partial charge in [0.05, 0.1) is 22.5 Å². The van der Waals surface area contributed by atoms with Crippen molar-refractivity contribution in [2.75, 3.05) is 27.3 Å². The van der Waals surface area contributed by atoms with Gasteiger partial charge in [-0.05, 0) is 36.8 Å². The highest BCUT2D eigenvalue weighted by Crippen LogP contribution is 2.24. The summed E-state index contributed by atoms with van der Waals surface area (Å²) in [6.07, 6.45) is 0. The van der Waals surface area contributed by atoms with E-state index in [0.29, 0.717) is 11.1 Å². The first-order valence-electron chi connectivity index (χ1n) is 8.77. The molecule has 2 rings (SSSR count). The lowest BCUT2D eigenvalue weighted by Crippen LogP contribution is -2.30. The molecule has 9 nitrogen and oxygen atoms in total. The van der Waals surface area contributed by atoms with Crippen molar-refractivity contribution in [2.45, 2.75) is 17.9 Å². The first-order valence-corrected chi connectivity index (χ1v) is 10.3. The van der Waals surface area contributed by atoms with Crippen LogP contribution in [0.2, 0.25) is 0 Å². The van der Waals surface area contributed by atoms with Crippen LogP contribution >= 0.6 is 0 Å². The van der Waals surface area contributed by atoms with Crippen molar-refractivity contribution < 1.29 is 22.9 Å². The maximum Gasteiger partial charge on any atom is 0.269 e. The smallest absolute Gasteiger partial charge is 0.269 e. The molecule has 0 fully saturated rings. The van der Waals surface area contributed by atoms with Crippen LogP contribution < -0.4 is 4.72 Å². The van der Waals surface area contributed by atoms with Crippen molar-refractivity contribution in [3.63, 3.8) is 0 Å². The average Bonchev–Trinajstić information content (AvgIpc) is 2.72. The molecule has 0 heterocycles. The van der Waals surface area contributed by atoms with Gasteiger partial charge in [-0.1, -0.05) is 12.1 Å². The molecule has 1 N–H and O–H groups in total. The molecular formula is C19H23N3O6S. The lowest BCUT2D eigenvalue weighted by atomic mass is 10.1. The van der Waals surface area contributed by atoms with Gasteiger partial charge >= 0.3 is 0 Å². The second-order valence-electron chi connectivity index (χ2n) is 6.36. The molecule has 2 aromatic rings. The summed E-state index contributed by atoms with van der Waals surface area (Å²) in [4.78, 5) is 24.7. The molecule has 2 aromatic carbocycles. The van der Waals surface area contributed by atoms with Gasteiger partial charge in [0.25, 0.3) is 11.6 Å². The molecule has 0 aliphatic heterocycles. The fourth-order valence-electron chi connectivity index (χ4n) is 2.64. The normalized spacial score (nSPS) is 12.4. The summed E-state index contributed by atoms with van der Waals surface area (Å²) in [6.45, 7) is 2.15. The van der Waals surface area contributed by atoms with Gasteiger partial charge in [0.15, 0.2) is 0 Å². The molecule has 0 aliphatic carbocycles. The van der Waals surface area contributed by atoms with Crippen LogP contribution in [0.15, 0.2) is 53.4 Å². The second kappa shape index (κ2) is 9.59. The Labute approximate surface area is 169 Å². The van der Waals surface area contributed by atoms with E-state index in [1.807, 2.05) is 0 Å². The van der Waals surface area contributed by atoms with E-state index in [4.69, 9.17) is 4.74 Å². The minimum absolute atomic E-state index is 0.0412. The third-order valence-corrected chi connectivity index (χ3v) is 5.95. The zero-order valence-electron chi connectivity index (χ0n) is 16.4. The predicted octanol–water partition coefficient (Wildman–Crippen LogP) is 2.35. The van der Waals surface area contributed by atoms with Crippen LogP contribution in [0, 0.1) is 10.1 Å². The van der Waals surface area contributed by atoms with E-state index < -0.39 is 21.0 Å². The molecule has 29 heavy (non-hydrogen) atoms. The standard InChI is InChI=1S/C19H23N3O6S/c1-14(16-5-4-6-17(13-16)22(24)25)21(2)19(23)15-7-9-18(10-8-15)29(26,27)20-11-12-28-3/h4-10,13-14,20H,11-12H2,1-3H3. The highest BCUT2D eigenvalue weighted by Gasteiger charge is 2.21. The van der Waals surface area contributed by atoms with Gasteiger partial charge < -0.3 is 9.64 Å². The van der Waals surface area contributed by atoms with Crippen LogP contribution in [0.5, 0.6) is 0 Å². The number of methoxy groups -OCH3 is 1. The SMILES string of the molecule is COCCNS(=O)(=O)c1ccc(C(=O)N(C)C(C)c2cccc([N+](=O)[O-])c2)cc1. The number of nitro benzene ring substituents is 1. The molecule has 1 unspecified atom stereocenters. The molecule has 0 spiro atoms. The topological polar surface area (TPSA) is 119 Å². The molecule has 0 bridgehead atoms. The highest BCUT2D eigenvalue weighted by atomic mass is 32.2. The van der Waals surface area contributed by atoms with E-state index in [9.17, 15) is 23.3 Å². The number of carbonyl (C=O) groups excluding carboxylic acids is 1. The number of ether oxygens (including phenoxy) is 1. The Kier molecular flexibility index (Phi) is 7.43.